The monoisotopic (exact) mass is 260 g/mol. The molecule has 0 radical (unpaired) electrons. The average Bonchev–Trinajstić information content (AvgIpc) is 3.16. The lowest BCUT2D eigenvalue weighted by Gasteiger charge is -2.07. The van der Waals surface area contributed by atoms with Crippen molar-refractivity contribution >= 4 is 10.9 Å². The Morgan fingerprint density at radius 3 is 2.80 bits per heavy atom. The third-order valence-electron chi connectivity index (χ3n) is 3.37. The first-order chi connectivity index (χ1) is 9.92. The fraction of sp³-hybridized carbons (Fsp3) is 0. The molecule has 0 saturated carbocycles. The lowest BCUT2D eigenvalue weighted by molar-refractivity contribution is 1.07. The lowest BCUT2D eigenvalue weighted by Crippen LogP contribution is -1.95. The van der Waals surface area contributed by atoms with E-state index in [9.17, 15) is 0 Å². The van der Waals surface area contributed by atoms with Crippen molar-refractivity contribution in [2.24, 2.45) is 0 Å². The van der Waals surface area contributed by atoms with Crippen LogP contribution in [0, 0.1) is 0 Å². The first kappa shape index (κ1) is 11.0. The molecule has 0 amide bonds. The molecule has 1 N–H and O–H groups in total. The summed E-state index contributed by atoms with van der Waals surface area (Å²) in [6.07, 6.45) is 5.63. The first-order valence-electron chi connectivity index (χ1n) is 6.44. The average molecular weight is 260 g/mol. The van der Waals surface area contributed by atoms with Crippen LogP contribution in [0.25, 0.3) is 28.0 Å². The highest BCUT2D eigenvalue weighted by Crippen LogP contribution is 2.24. The van der Waals surface area contributed by atoms with Gasteiger partial charge in [0, 0.05) is 29.0 Å². The van der Waals surface area contributed by atoms with E-state index in [1.165, 1.54) is 0 Å². The van der Waals surface area contributed by atoms with Crippen LogP contribution >= 0.6 is 0 Å². The molecule has 4 nitrogen and oxygen atoms in total. The van der Waals surface area contributed by atoms with E-state index < -0.39 is 0 Å². The molecule has 0 fully saturated rings. The minimum absolute atomic E-state index is 0.930. The van der Waals surface area contributed by atoms with Gasteiger partial charge in [0.05, 0.1) is 11.7 Å². The Balaban J connectivity index is 1.88. The van der Waals surface area contributed by atoms with Crippen LogP contribution in [0.3, 0.4) is 0 Å². The Labute approximate surface area is 115 Å². The molecular weight excluding hydrogens is 248 g/mol. The highest BCUT2D eigenvalue weighted by molar-refractivity contribution is 5.83. The van der Waals surface area contributed by atoms with Crippen molar-refractivity contribution < 1.29 is 0 Å². The molecule has 0 atom stereocenters. The van der Waals surface area contributed by atoms with Gasteiger partial charge in [0.1, 0.15) is 5.82 Å². The normalized spacial score (nSPS) is 11.0. The minimum atomic E-state index is 0.930. The number of nitrogens with one attached hydrogen (secondary N) is 1. The zero-order valence-corrected chi connectivity index (χ0v) is 10.7. The summed E-state index contributed by atoms with van der Waals surface area (Å²) in [5.74, 6) is 0.930. The zero-order valence-electron chi connectivity index (χ0n) is 10.7. The Hall–Kier alpha value is -2.88. The summed E-state index contributed by atoms with van der Waals surface area (Å²) in [5, 5.41) is 8.10. The Morgan fingerprint density at radius 1 is 1.00 bits per heavy atom. The smallest absolute Gasteiger partial charge is 0.144 e. The number of rotatable bonds is 2. The van der Waals surface area contributed by atoms with Gasteiger partial charge in [-0.2, -0.15) is 5.10 Å². The van der Waals surface area contributed by atoms with Gasteiger partial charge < -0.3 is 0 Å². The second kappa shape index (κ2) is 4.35. The second-order valence-corrected chi connectivity index (χ2v) is 4.63. The minimum Gasteiger partial charge on any atom is -0.300 e. The highest BCUT2D eigenvalue weighted by atomic mass is 15.1. The summed E-state index contributed by atoms with van der Waals surface area (Å²) in [6, 6.07) is 16.4. The Kier molecular flexibility index (Phi) is 2.39. The molecule has 0 unspecified atom stereocenters. The van der Waals surface area contributed by atoms with Gasteiger partial charge in [-0.25, -0.2) is 4.98 Å². The number of hydrogen-bond acceptors (Lipinski definition) is 2. The molecular formula is C16H12N4. The summed E-state index contributed by atoms with van der Waals surface area (Å²) in [7, 11) is 0. The number of nitrogens with zero attached hydrogens (tertiary/aromatic N) is 3. The predicted octanol–water partition coefficient (Wildman–Crippen LogP) is 3.42. The van der Waals surface area contributed by atoms with Gasteiger partial charge in [0.25, 0.3) is 0 Å². The van der Waals surface area contributed by atoms with Gasteiger partial charge in [0.2, 0.25) is 0 Å². The number of H-pyrrole nitrogens is 1. The SMILES string of the molecule is c1ccc(-n2ccnc2-c2ccc3[nH]ncc3c2)cc1. The third kappa shape index (κ3) is 1.70. The fourth-order valence-electron chi connectivity index (χ4n) is 2.40. The zero-order chi connectivity index (χ0) is 13.4. The molecule has 4 heteroatoms. The van der Waals surface area contributed by atoms with E-state index in [1.807, 2.05) is 42.9 Å². The summed E-state index contributed by atoms with van der Waals surface area (Å²) in [5.41, 5.74) is 3.21. The largest absolute Gasteiger partial charge is 0.300 e. The van der Waals surface area contributed by atoms with Gasteiger partial charge >= 0.3 is 0 Å². The van der Waals surface area contributed by atoms with Crippen molar-refractivity contribution in [3.05, 3.63) is 67.1 Å². The quantitative estimate of drug-likeness (QED) is 0.600. The summed E-state index contributed by atoms with van der Waals surface area (Å²) in [6.45, 7) is 0. The molecule has 0 bridgehead atoms. The van der Waals surface area contributed by atoms with Crippen LogP contribution < -0.4 is 0 Å². The first-order valence-corrected chi connectivity index (χ1v) is 6.44. The fourth-order valence-corrected chi connectivity index (χ4v) is 2.40. The van der Waals surface area contributed by atoms with Crippen molar-refractivity contribution in [2.75, 3.05) is 0 Å². The number of benzene rings is 2. The molecule has 0 aliphatic carbocycles. The Morgan fingerprint density at radius 2 is 1.90 bits per heavy atom. The van der Waals surface area contributed by atoms with Crippen LogP contribution in [0.5, 0.6) is 0 Å². The number of imidazole rings is 1. The van der Waals surface area contributed by atoms with E-state index in [0.717, 1.165) is 28.0 Å². The third-order valence-corrected chi connectivity index (χ3v) is 3.37. The Bertz CT molecular complexity index is 858. The predicted molar refractivity (Wildman–Crippen MR) is 78.7 cm³/mol. The maximum absolute atomic E-state index is 4.49. The van der Waals surface area contributed by atoms with Crippen molar-refractivity contribution in [1.82, 2.24) is 19.7 Å². The summed E-state index contributed by atoms with van der Waals surface area (Å²) >= 11 is 0. The molecule has 20 heavy (non-hydrogen) atoms. The lowest BCUT2D eigenvalue weighted by atomic mass is 10.1. The summed E-state index contributed by atoms with van der Waals surface area (Å²) in [4.78, 5) is 4.49. The van der Waals surface area contributed by atoms with Crippen molar-refractivity contribution in [1.29, 1.82) is 0 Å². The van der Waals surface area contributed by atoms with Crippen LogP contribution in [-0.4, -0.2) is 19.7 Å². The van der Waals surface area contributed by atoms with Gasteiger partial charge in [-0.1, -0.05) is 18.2 Å². The molecule has 4 rings (SSSR count). The standard InChI is InChI=1S/C16H12N4/c1-2-4-14(5-3-1)20-9-8-17-16(20)12-6-7-15-13(10-12)11-18-19-15/h1-11H,(H,18,19). The number of aromatic nitrogens is 4. The highest BCUT2D eigenvalue weighted by Gasteiger charge is 2.08. The topological polar surface area (TPSA) is 46.5 Å². The molecule has 2 heterocycles. The van der Waals surface area contributed by atoms with E-state index in [2.05, 4.69) is 44.0 Å². The second-order valence-electron chi connectivity index (χ2n) is 4.63. The van der Waals surface area contributed by atoms with E-state index in [1.54, 1.807) is 0 Å². The van der Waals surface area contributed by atoms with Gasteiger partial charge in [-0.15, -0.1) is 0 Å². The van der Waals surface area contributed by atoms with Crippen LogP contribution in [0.4, 0.5) is 0 Å². The molecule has 0 saturated heterocycles. The van der Waals surface area contributed by atoms with Crippen LogP contribution in [0.2, 0.25) is 0 Å². The molecule has 0 spiro atoms. The van der Waals surface area contributed by atoms with Crippen LogP contribution in [-0.2, 0) is 0 Å². The number of aromatic amines is 1. The van der Waals surface area contributed by atoms with Gasteiger partial charge in [-0.3, -0.25) is 9.67 Å². The number of fused-ring (bicyclic) bond motifs is 1. The molecule has 2 aromatic carbocycles. The van der Waals surface area contributed by atoms with Crippen molar-refractivity contribution in [3.63, 3.8) is 0 Å². The van der Waals surface area contributed by atoms with E-state index in [0.29, 0.717) is 0 Å². The van der Waals surface area contributed by atoms with Gasteiger partial charge in [-0.05, 0) is 30.3 Å². The molecule has 96 valence electrons. The molecule has 4 aromatic rings. The van der Waals surface area contributed by atoms with Gasteiger partial charge in [0.15, 0.2) is 0 Å². The van der Waals surface area contributed by atoms with Crippen LogP contribution in [0.15, 0.2) is 67.1 Å². The van der Waals surface area contributed by atoms with Crippen molar-refractivity contribution in [2.45, 2.75) is 0 Å². The van der Waals surface area contributed by atoms with E-state index in [4.69, 9.17) is 0 Å². The number of para-hydroxylation sites is 1. The van der Waals surface area contributed by atoms with E-state index >= 15 is 0 Å². The maximum atomic E-state index is 4.49. The van der Waals surface area contributed by atoms with Crippen molar-refractivity contribution in [3.8, 4) is 17.1 Å². The number of hydrogen-bond donors (Lipinski definition) is 1. The molecule has 0 aliphatic heterocycles. The van der Waals surface area contributed by atoms with E-state index in [-0.39, 0.29) is 0 Å². The molecule has 2 aromatic heterocycles. The van der Waals surface area contributed by atoms with Crippen LogP contribution in [0.1, 0.15) is 0 Å². The summed E-state index contributed by atoms with van der Waals surface area (Å²) < 4.78 is 2.08. The maximum Gasteiger partial charge on any atom is 0.144 e. The molecule has 0 aliphatic rings.